The third kappa shape index (κ3) is 8.86. The Bertz CT molecular complexity index is 1210. The van der Waals surface area contributed by atoms with Crippen molar-refractivity contribution in [2.75, 3.05) is 13.2 Å². The fraction of sp³-hybridized carbons (Fsp3) is 0.522. The van der Waals surface area contributed by atoms with Gasteiger partial charge in [0, 0.05) is 12.3 Å². The van der Waals surface area contributed by atoms with Crippen LogP contribution in [0.15, 0.2) is 52.2 Å². The number of carbonyl (C=O) groups is 1. The van der Waals surface area contributed by atoms with E-state index in [1.54, 1.807) is 32.0 Å². The average Bonchev–Trinajstić information content (AvgIpc) is 2.86. The lowest BCUT2D eigenvalue weighted by Crippen LogP contribution is -2.48. The predicted octanol–water partition coefficient (Wildman–Crippen LogP) is 1.61. The van der Waals surface area contributed by atoms with Crippen molar-refractivity contribution in [2.45, 2.75) is 64.4 Å². The number of H-pyrrole nitrogens is 1. The maximum absolute atomic E-state index is 16.1. The zero-order valence-corrected chi connectivity index (χ0v) is 22.3. The Labute approximate surface area is 218 Å². The number of halogens is 1. The molecule has 1 aromatic heterocycles. The number of aliphatic hydroxyl groups excluding tert-OH is 2. The SMILES string of the molecule is CC[C@H](O)[C@@](F)(COP(=O)(NC(C)C(=O)OC(C)C)Oc1ccccc1)O[C@@H](CO)n1ccc(=O)[nH]c1=O. The molecule has 13 nitrogen and oxygen atoms in total. The highest BCUT2D eigenvalue weighted by Crippen LogP contribution is 2.46. The molecule has 0 aliphatic heterocycles. The number of aromatic amines is 1. The number of ether oxygens (including phenoxy) is 2. The maximum Gasteiger partial charge on any atom is 0.459 e. The van der Waals surface area contributed by atoms with Gasteiger partial charge in [-0.25, -0.2) is 13.8 Å². The Morgan fingerprint density at radius 2 is 1.87 bits per heavy atom. The van der Waals surface area contributed by atoms with E-state index in [9.17, 15) is 29.2 Å². The van der Waals surface area contributed by atoms with Gasteiger partial charge in [-0.3, -0.25) is 23.7 Å². The van der Waals surface area contributed by atoms with Crippen LogP contribution in [0.4, 0.5) is 4.39 Å². The molecule has 0 saturated carbocycles. The number of aromatic nitrogens is 2. The Balaban J connectivity index is 2.35. The highest BCUT2D eigenvalue weighted by molar-refractivity contribution is 7.52. The van der Waals surface area contributed by atoms with Crippen LogP contribution in [0, 0.1) is 0 Å². The summed E-state index contributed by atoms with van der Waals surface area (Å²) in [4.78, 5) is 37.7. The number of para-hydroxylation sites is 1. The van der Waals surface area contributed by atoms with Gasteiger partial charge in [-0.2, -0.15) is 5.09 Å². The zero-order valence-electron chi connectivity index (χ0n) is 21.4. The van der Waals surface area contributed by atoms with E-state index < -0.39 is 68.5 Å². The van der Waals surface area contributed by atoms with Crippen LogP contribution in [-0.4, -0.2) is 63.1 Å². The minimum absolute atomic E-state index is 0.0576. The highest BCUT2D eigenvalue weighted by Gasteiger charge is 2.45. The van der Waals surface area contributed by atoms with Crippen LogP contribution in [0.25, 0.3) is 0 Å². The highest BCUT2D eigenvalue weighted by atomic mass is 31.2. The smallest absolute Gasteiger partial charge is 0.459 e. The summed E-state index contributed by atoms with van der Waals surface area (Å²) >= 11 is 0. The van der Waals surface area contributed by atoms with Crippen LogP contribution in [0.5, 0.6) is 5.75 Å². The number of hydrogen-bond donors (Lipinski definition) is 4. The lowest BCUT2D eigenvalue weighted by atomic mass is 10.1. The minimum atomic E-state index is -4.54. The molecule has 1 heterocycles. The van der Waals surface area contributed by atoms with Gasteiger partial charge in [0.05, 0.1) is 12.7 Å². The molecule has 15 heteroatoms. The van der Waals surface area contributed by atoms with Crippen molar-refractivity contribution >= 4 is 13.7 Å². The van der Waals surface area contributed by atoms with Crippen LogP contribution in [0.2, 0.25) is 0 Å². The van der Waals surface area contributed by atoms with Gasteiger partial charge >= 0.3 is 19.4 Å². The summed E-state index contributed by atoms with van der Waals surface area (Å²) < 4.78 is 51.5. The van der Waals surface area contributed by atoms with Gasteiger partial charge in [-0.15, -0.1) is 0 Å². The first-order valence-electron chi connectivity index (χ1n) is 11.8. The Kier molecular flexibility index (Phi) is 11.4. The van der Waals surface area contributed by atoms with E-state index in [0.29, 0.717) is 4.57 Å². The molecule has 1 aromatic carbocycles. The molecule has 4 N–H and O–H groups in total. The van der Waals surface area contributed by atoms with Crippen molar-refractivity contribution in [1.29, 1.82) is 0 Å². The summed E-state index contributed by atoms with van der Waals surface area (Å²) in [6, 6.07) is 7.44. The number of nitrogens with zero attached hydrogens (tertiary/aromatic N) is 1. The first-order chi connectivity index (χ1) is 17.8. The second-order valence-corrected chi connectivity index (χ2v) is 10.2. The van der Waals surface area contributed by atoms with Gasteiger partial charge in [-0.05, 0) is 39.3 Å². The van der Waals surface area contributed by atoms with E-state index in [0.717, 1.165) is 12.3 Å². The van der Waals surface area contributed by atoms with Crippen molar-refractivity contribution in [3.05, 3.63) is 63.4 Å². The molecule has 0 spiro atoms. The molecule has 0 aliphatic rings. The second-order valence-electron chi connectivity index (χ2n) is 8.49. The zero-order chi connectivity index (χ0) is 28.5. The molecule has 5 atom stereocenters. The largest absolute Gasteiger partial charge is 0.462 e. The maximum atomic E-state index is 16.1. The molecule has 0 radical (unpaired) electrons. The van der Waals surface area contributed by atoms with Crippen molar-refractivity contribution < 1.29 is 42.5 Å². The first kappa shape index (κ1) is 31.3. The molecule has 0 fully saturated rings. The third-order valence-corrected chi connectivity index (χ3v) is 6.61. The lowest BCUT2D eigenvalue weighted by Gasteiger charge is -2.34. The summed E-state index contributed by atoms with van der Waals surface area (Å²) in [6.07, 6.45) is -3.32. The number of carbonyl (C=O) groups excluding carboxylic acids is 1. The van der Waals surface area contributed by atoms with Gasteiger partial charge in [0.1, 0.15) is 24.5 Å². The lowest BCUT2D eigenvalue weighted by molar-refractivity contribution is -0.268. The monoisotopic (exact) mass is 561 g/mol. The molecule has 212 valence electrons. The molecule has 38 heavy (non-hydrogen) atoms. The van der Waals surface area contributed by atoms with Crippen molar-refractivity contribution in [3.63, 3.8) is 0 Å². The molecule has 0 bridgehead atoms. The van der Waals surface area contributed by atoms with Crippen molar-refractivity contribution in [1.82, 2.24) is 14.6 Å². The molecule has 2 unspecified atom stereocenters. The van der Waals surface area contributed by atoms with E-state index in [1.165, 1.54) is 26.0 Å². The number of hydrogen-bond acceptors (Lipinski definition) is 10. The fourth-order valence-electron chi connectivity index (χ4n) is 3.08. The molecule has 2 aromatic rings. The Morgan fingerprint density at radius 3 is 2.42 bits per heavy atom. The van der Waals surface area contributed by atoms with Crippen LogP contribution < -0.4 is 20.9 Å². The molecule has 0 amide bonds. The summed E-state index contributed by atoms with van der Waals surface area (Å²) in [5.74, 6) is -3.87. The van der Waals surface area contributed by atoms with Gasteiger partial charge in [0.15, 0.2) is 6.23 Å². The molecular formula is C23H33FN3O10P. The van der Waals surface area contributed by atoms with Crippen molar-refractivity contribution in [2.24, 2.45) is 0 Å². The molecule has 0 aliphatic carbocycles. The topological polar surface area (TPSA) is 178 Å². The minimum Gasteiger partial charge on any atom is -0.462 e. The molecular weight excluding hydrogens is 528 g/mol. The van der Waals surface area contributed by atoms with Crippen LogP contribution in [0.3, 0.4) is 0 Å². The van der Waals surface area contributed by atoms with Gasteiger partial charge in [0.2, 0.25) is 0 Å². The van der Waals surface area contributed by atoms with Crippen molar-refractivity contribution in [3.8, 4) is 5.75 Å². The third-order valence-electron chi connectivity index (χ3n) is 4.99. The van der Waals surface area contributed by atoms with Crippen LogP contribution in [0.1, 0.15) is 40.3 Å². The van der Waals surface area contributed by atoms with E-state index in [1.807, 2.05) is 4.98 Å². The number of rotatable bonds is 15. The summed E-state index contributed by atoms with van der Waals surface area (Å²) in [6.45, 7) is 3.83. The van der Waals surface area contributed by atoms with Gasteiger partial charge < -0.3 is 24.2 Å². The first-order valence-corrected chi connectivity index (χ1v) is 13.3. The van der Waals surface area contributed by atoms with E-state index in [-0.39, 0.29) is 12.2 Å². The number of nitrogens with one attached hydrogen (secondary N) is 2. The number of esters is 1. The number of alkyl halides is 1. The summed E-state index contributed by atoms with van der Waals surface area (Å²) in [7, 11) is -4.54. The fourth-order valence-corrected chi connectivity index (χ4v) is 4.59. The second kappa shape index (κ2) is 13.8. The van der Waals surface area contributed by atoms with Crippen LogP contribution >= 0.6 is 7.75 Å². The Hall–Kier alpha value is -2.87. The van der Waals surface area contributed by atoms with E-state index in [2.05, 4.69) is 5.09 Å². The summed E-state index contributed by atoms with van der Waals surface area (Å²) in [5.41, 5.74) is -1.75. The van der Waals surface area contributed by atoms with Crippen LogP contribution in [-0.2, 0) is 23.4 Å². The quantitative estimate of drug-likeness (QED) is 0.183. The number of benzene rings is 1. The van der Waals surface area contributed by atoms with E-state index in [4.69, 9.17) is 18.5 Å². The summed E-state index contributed by atoms with van der Waals surface area (Å²) in [5, 5.41) is 22.5. The predicted molar refractivity (Wildman–Crippen MR) is 133 cm³/mol. The molecule has 0 saturated heterocycles. The number of aliphatic hydroxyl groups is 2. The van der Waals surface area contributed by atoms with Gasteiger partial charge in [-0.1, -0.05) is 25.1 Å². The van der Waals surface area contributed by atoms with Gasteiger partial charge in [0.25, 0.3) is 11.4 Å². The average molecular weight is 562 g/mol. The van der Waals surface area contributed by atoms with E-state index >= 15 is 4.39 Å². The molecule has 2 rings (SSSR count). The Morgan fingerprint density at radius 1 is 1.21 bits per heavy atom. The standard InChI is InChI=1S/C23H33FN3O10P/c1-5-18(29)23(24,36-20(13-28)27-12-11-19(30)25-22(27)32)14-34-38(33,37-17-9-7-6-8-10-17)26-16(4)21(31)35-15(2)3/h6-12,15-16,18,20,28-29H,5,13-14H2,1-4H3,(H,26,33)(H,25,30,32)/t16?,18-,20-,23+,38?/m0/s1. The normalized spacial score (nSPS) is 17.2.